The minimum absolute atomic E-state index is 0.168. The number of carbonyl (C=O) groups is 3. The van der Waals surface area contributed by atoms with Crippen molar-refractivity contribution in [2.24, 2.45) is 0 Å². The van der Waals surface area contributed by atoms with Crippen LogP contribution in [0.3, 0.4) is 0 Å². The third kappa shape index (κ3) is 5.99. The van der Waals surface area contributed by atoms with Gasteiger partial charge in [0, 0.05) is 31.5 Å². The molecule has 1 saturated heterocycles. The molecule has 0 aliphatic carbocycles. The summed E-state index contributed by atoms with van der Waals surface area (Å²) in [6, 6.07) is 0. The molecule has 0 N–H and O–H groups in total. The summed E-state index contributed by atoms with van der Waals surface area (Å²) < 4.78 is 14.8. The average Bonchev–Trinajstić information content (AvgIpc) is 2.50. The number of hydrogen-bond acceptors (Lipinski definition) is 6. The van der Waals surface area contributed by atoms with Crippen molar-refractivity contribution in [3.05, 3.63) is 24.8 Å². The quantitative estimate of drug-likeness (QED) is 0.319. The summed E-state index contributed by atoms with van der Waals surface area (Å²) in [6.45, 7) is 9.00. The highest BCUT2D eigenvalue weighted by Crippen LogP contribution is 2.15. The van der Waals surface area contributed by atoms with Gasteiger partial charge in [0.15, 0.2) is 6.61 Å². The van der Waals surface area contributed by atoms with Gasteiger partial charge in [-0.25, -0.2) is 14.4 Å². The van der Waals surface area contributed by atoms with Crippen LogP contribution in [0.25, 0.3) is 0 Å². The van der Waals surface area contributed by atoms with Crippen molar-refractivity contribution in [3.63, 3.8) is 0 Å². The molecule has 0 aromatic carbocycles. The van der Waals surface area contributed by atoms with Gasteiger partial charge in [0.1, 0.15) is 12.7 Å². The minimum atomic E-state index is -0.628. The zero-order valence-electron chi connectivity index (χ0n) is 12.7. The second-order valence-corrected chi connectivity index (χ2v) is 4.90. The van der Waals surface area contributed by atoms with E-state index in [0.29, 0.717) is 25.9 Å². The molecule has 0 atom stereocenters. The molecule has 0 bridgehead atoms. The lowest BCUT2D eigenvalue weighted by atomic mass is 10.1. The molecular weight excluding hydrogens is 290 g/mol. The first-order valence-electron chi connectivity index (χ1n) is 6.98. The Labute approximate surface area is 129 Å². The van der Waals surface area contributed by atoms with Crippen LogP contribution in [-0.2, 0) is 23.8 Å². The molecule has 22 heavy (non-hydrogen) atoms. The van der Waals surface area contributed by atoms with Crippen LogP contribution in [0.1, 0.15) is 19.8 Å². The number of esters is 2. The molecule has 7 nitrogen and oxygen atoms in total. The van der Waals surface area contributed by atoms with E-state index in [-0.39, 0.29) is 18.3 Å². The molecule has 0 saturated carbocycles. The van der Waals surface area contributed by atoms with Crippen molar-refractivity contribution in [3.8, 4) is 0 Å². The van der Waals surface area contributed by atoms with Crippen LogP contribution in [-0.4, -0.2) is 55.3 Å². The lowest BCUT2D eigenvalue weighted by Crippen LogP contribution is -2.42. The summed E-state index contributed by atoms with van der Waals surface area (Å²) in [7, 11) is 0. The molecular formula is C15H21NO6. The molecule has 0 aromatic rings. The summed E-state index contributed by atoms with van der Waals surface area (Å²) in [5, 5.41) is 0. The number of nitrogens with zero attached hydrogens (tertiary/aromatic N) is 1. The van der Waals surface area contributed by atoms with E-state index in [1.54, 1.807) is 4.90 Å². The van der Waals surface area contributed by atoms with Crippen LogP contribution in [0.4, 0.5) is 4.79 Å². The molecule has 1 rings (SSSR count). The number of hydrogen-bond donors (Lipinski definition) is 0. The number of piperidine rings is 1. The third-order valence-corrected chi connectivity index (χ3v) is 2.99. The predicted octanol–water partition coefficient (Wildman–Crippen LogP) is 1.44. The Hall–Kier alpha value is -2.31. The van der Waals surface area contributed by atoms with Crippen LogP contribution in [0.2, 0.25) is 0 Å². The number of amides is 1. The first kappa shape index (κ1) is 17.7. The van der Waals surface area contributed by atoms with E-state index in [4.69, 9.17) is 14.2 Å². The molecule has 7 heteroatoms. The monoisotopic (exact) mass is 311 g/mol. The van der Waals surface area contributed by atoms with E-state index >= 15 is 0 Å². The summed E-state index contributed by atoms with van der Waals surface area (Å²) in [5.41, 5.74) is 0.221. The standard InChI is InChI=1S/C15H21NO6/c1-4-9-20-15(19)16-7-5-12(6-8-16)22-13(17)10-21-14(18)11(2)3/h4,12H,1-2,5-10H2,3H3. The zero-order valence-corrected chi connectivity index (χ0v) is 12.7. The highest BCUT2D eigenvalue weighted by Gasteiger charge is 2.26. The summed E-state index contributed by atoms with van der Waals surface area (Å²) in [5.74, 6) is -1.24. The molecule has 0 spiro atoms. The van der Waals surface area contributed by atoms with Gasteiger partial charge in [-0.3, -0.25) is 0 Å². The van der Waals surface area contributed by atoms with E-state index in [1.807, 2.05) is 0 Å². The van der Waals surface area contributed by atoms with Crippen LogP contribution in [0.15, 0.2) is 24.8 Å². The Balaban J connectivity index is 2.26. The highest BCUT2D eigenvalue weighted by molar-refractivity contribution is 5.88. The van der Waals surface area contributed by atoms with Gasteiger partial charge in [-0.1, -0.05) is 19.2 Å². The van der Waals surface area contributed by atoms with Crippen LogP contribution in [0, 0.1) is 0 Å². The maximum Gasteiger partial charge on any atom is 0.410 e. The van der Waals surface area contributed by atoms with Crippen molar-refractivity contribution in [2.45, 2.75) is 25.9 Å². The fourth-order valence-corrected chi connectivity index (χ4v) is 1.85. The average molecular weight is 311 g/mol. The van der Waals surface area contributed by atoms with E-state index < -0.39 is 24.6 Å². The van der Waals surface area contributed by atoms with E-state index in [2.05, 4.69) is 13.2 Å². The van der Waals surface area contributed by atoms with E-state index in [9.17, 15) is 14.4 Å². The van der Waals surface area contributed by atoms with Crippen LogP contribution < -0.4 is 0 Å². The first-order chi connectivity index (χ1) is 10.4. The molecule has 1 amide bonds. The Kier molecular flexibility index (Phi) is 7.15. The van der Waals surface area contributed by atoms with Gasteiger partial charge in [-0.2, -0.15) is 0 Å². The lowest BCUT2D eigenvalue weighted by Gasteiger charge is -2.30. The topological polar surface area (TPSA) is 82.1 Å². The Bertz CT molecular complexity index is 451. The minimum Gasteiger partial charge on any atom is -0.460 e. The van der Waals surface area contributed by atoms with Crippen LogP contribution in [0.5, 0.6) is 0 Å². The van der Waals surface area contributed by atoms with Gasteiger partial charge in [-0.15, -0.1) is 0 Å². The number of likely N-dealkylation sites (tertiary alicyclic amines) is 1. The van der Waals surface area contributed by atoms with E-state index in [1.165, 1.54) is 13.0 Å². The highest BCUT2D eigenvalue weighted by atomic mass is 16.6. The van der Waals surface area contributed by atoms with Crippen molar-refractivity contribution in [2.75, 3.05) is 26.3 Å². The van der Waals surface area contributed by atoms with Crippen molar-refractivity contribution >= 4 is 18.0 Å². The van der Waals surface area contributed by atoms with Gasteiger partial charge >= 0.3 is 18.0 Å². The molecule has 1 fully saturated rings. The molecule has 0 aromatic heterocycles. The van der Waals surface area contributed by atoms with Crippen molar-refractivity contribution in [1.82, 2.24) is 4.90 Å². The fourth-order valence-electron chi connectivity index (χ4n) is 1.85. The molecule has 1 heterocycles. The molecule has 122 valence electrons. The first-order valence-corrected chi connectivity index (χ1v) is 6.98. The van der Waals surface area contributed by atoms with Gasteiger partial charge in [0.25, 0.3) is 0 Å². The maximum absolute atomic E-state index is 11.6. The van der Waals surface area contributed by atoms with Gasteiger partial charge in [0.05, 0.1) is 0 Å². The summed E-state index contributed by atoms with van der Waals surface area (Å²) in [4.78, 5) is 35.9. The van der Waals surface area contributed by atoms with E-state index in [0.717, 1.165) is 0 Å². The SMILES string of the molecule is C=CCOC(=O)N1CCC(OC(=O)COC(=O)C(=C)C)CC1. The Morgan fingerprint density at radius 1 is 1.23 bits per heavy atom. The largest absolute Gasteiger partial charge is 0.460 e. The second kappa shape index (κ2) is 8.86. The van der Waals surface area contributed by atoms with Gasteiger partial charge < -0.3 is 19.1 Å². The third-order valence-electron chi connectivity index (χ3n) is 2.99. The van der Waals surface area contributed by atoms with Crippen LogP contribution >= 0.6 is 0 Å². The Morgan fingerprint density at radius 2 is 1.86 bits per heavy atom. The predicted molar refractivity (Wildman–Crippen MR) is 78.0 cm³/mol. The normalized spacial score (nSPS) is 14.9. The van der Waals surface area contributed by atoms with Crippen molar-refractivity contribution in [1.29, 1.82) is 0 Å². The number of rotatable bonds is 6. The lowest BCUT2D eigenvalue weighted by molar-refractivity contribution is -0.161. The number of ether oxygens (including phenoxy) is 3. The van der Waals surface area contributed by atoms with Gasteiger partial charge in [-0.05, 0) is 6.92 Å². The molecule has 0 unspecified atom stereocenters. The zero-order chi connectivity index (χ0) is 16.5. The molecule has 1 aliphatic rings. The summed E-state index contributed by atoms with van der Waals surface area (Å²) in [6.07, 6.45) is 1.84. The smallest absolute Gasteiger partial charge is 0.410 e. The second-order valence-electron chi connectivity index (χ2n) is 4.90. The van der Waals surface area contributed by atoms with Crippen molar-refractivity contribution < 1.29 is 28.6 Å². The number of carbonyl (C=O) groups excluding carboxylic acids is 3. The summed E-state index contributed by atoms with van der Waals surface area (Å²) >= 11 is 0. The Morgan fingerprint density at radius 3 is 2.41 bits per heavy atom. The molecule has 0 radical (unpaired) electrons. The fraction of sp³-hybridized carbons (Fsp3) is 0.533. The maximum atomic E-state index is 11.6. The molecule has 1 aliphatic heterocycles. The van der Waals surface area contributed by atoms with Gasteiger partial charge in [0.2, 0.25) is 0 Å².